The Morgan fingerprint density at radius 2 is 1.92 bits per heavy atom. The molecular formula is C18H27BrClN3O2. The molecule has 0 bridgehead atoms. The molecule has 1 aromatic carbocycles. The molecule has 0 radical (unpaired) electrons. The van der Waals surface area contributed by atoms with Crippen LogP contribution in [0.25, 0.3) is 0 Å². The molecule has 140 valence electrons. The number of nitrogens with one attached hydrogen (secondary N) is 3. The number of benzene rings is 1. The summed E-state index contributed by atoms with van der Waals surface area (Å²) in [4.78, 5) is 23.9. The van der Waals surface area contributed by atoms with E-state index in [4.69, 9.17) is 0 Å². The Labute approximate surface area is 164 Å². The first kappa shape index (κ1) is 21.9. The van der Waals surface area contributed by atoms with Crippen LogP contribution in [0.2, 0.25) is 0 Å². The van der Waals surface area contributed by atoms with E-state index in [1.165, 1.54) is 12.8 Å². The highest BCUT2D eigenvalue weighted by molar-refractivity contribution is 9.10. The molecule has 5 nitrogen and oxygen atoms in total. The number of piperidine rings is 1. The van der Waals surface area contributed by atoms with Gasteiger partial charge in [0.15, 0.2) is 0 Å². The summed E-state index contributed by atoms with van der Waals surface area (Å²) in [7, 11) is 0. The second kappa shape index (κ2) is 11.5. The number of amides is 2. The van der Waals surface area contributed by atoms with E-state index in [2.05, 4.69) is 38.8 Å². The maximum Gasteiger partial charge on any atom is 0.251 e. The Bertz CT molecular complexity index is 548. The van der Waals surface area contributed by atoms with E-state index in [1.807, 2.05) is 12.1 Å². The molecule has 1 fully saturated rings. The minimum atomic E-state index is -0.126. The van der Waals surface area contributed by atoms with Gasteiger partial charge in [-0.3, -0.25) is 9.59 Å². The molecular weight excluding hydrogens is 406 g/mol. The van der Waals surface area contributed by atoms with Crippen LogP contribution in [-0.2, 0) is 4.79 Å². The third kappa shape index (κ3) is 7.75. The number of hydrogen-bond acceptors (Lipinski definition) is 3. The minimum absolute atomic E-state index is 0. The van der Waals surface area contributed by atoms with Crippen LogP contribution in [-0.4, -0.2) is 38.0 Å². The van der Waals surface area contributed by atoms with E-state index in [-0.39, 0.29) is 24.2 Å². The predicted molar refractivity (Wildman–Crippen MR) is 106 cm³/mol. The van der Waals surface area contributed by atoms with E-state index in [0.29, 0.717) is 36.9 Å². The van der Waals surface area contributed by atoms with Crippen molar-refractivity contribution in [1.29, 1.82) is 0 Å². The van der Waals surface area contributed by atoms with Crippen LogP contribution in [0.4, 0.5) is 0 Å². The van der Waals surface area contributed by atoms with Crippen molar-refractivity contribution in [3.8, 4) is 0 Å². The van der Waals surface area contributed by atoms with Crippen molar-refractivity contribution in [1.82, 2.24) is 16.0 Å². The third-order valence-electron chi connectivity index (χ3n) is 4.49. The predicted octanol–water partition coefficient (Wildman–Crippen LogP) is 2.74. The molecule has 3 N–H and O–H groups in total. The van der Waals surface area contributed by atoms with E-state index in [9.17, 15) is 9.59 Å². The lowest BCUT2D eigenvalue weighted by molar-refractivity contribution is -0.122. The van der Waals surface area contributed by atoms with Crippen LogP contribution in [0.1, 0.15) is 36.5 Å². The Balaban J connectivity index is 0.00000312. The highest BCUT2D eigenvalue weighted by Gasteiger charge is 2.21. The van der Waals surface area contributed by atoms with Crippen LogP contribution in [0.3, 0.4) is 0 Å². The summed E-state index contributed by atoms with van der Waals surface area (Å²) in [6.07, 6.45) is 2.94. The number of carbonyl (C=O) groups excluding carboxylic acids is 2. The number of halogens is 2. The summed E-state index contributed by atoms with van der Waals surface area (Å²) in [6, 6.07) is 7.19. The summed E-state index contributed by atoms with van der Waals surface area (Å²) in [5.74, 6) is 0.904. The van der Waals surface area contributed by atoms with Crippen molar-refractivity contribution in [2.45, 2.75) is 26.2 Å². The molecule has 2 rings (SSSR count). The zero-order valence-corrected chi connectivity index (χ0v) is 16.9. The molecule has 2 atom stereocenters. The second-order valence-electron chi connectivity index (χ2n) is 6.40. The van der Waals surface area contributed by atoms with Crippen molar-refractivity contribution in [2.75, 3.05) is 26.2 Å². The highest BCUT2D eigenvalue weighted by atomic mass is 79.9. The molecule has 25 heavy (non-hydrogen) atoms. The van der Waals surface area contributed by atoms with Gasteiger partial charge in [0.2, 0.25) is 5.91 Å². The van der Waals surface area contributed by atoms with Gasteiger partial charge in [-0.05, 0) is 62.0 Å². The largest absolute Gasteiger partial charge is 0.354 e. The van der Waals surface area contributed by atoms with Gasteiger partial charge in [-0.25, -0.2) is 0 Å². The molecule has 1 aromatic rings. The first-order chi connectivity index (χ1) is 11.6. The van der Waals surface area contributed by atoms with E-state index < -0.39 is 0 Å². The Kier molecular flexibility index (Phi) is 10.1. The van der Waals surface area contributed by atoms with Gasteiger partial charge in [0.25, 0.3) is 5.91 Å². The first-order valence-electron chi connectivity index (χ1n) is 8.57. The molecule has 0 saturated carbocycles. The van der Waals surface area contributed by atoms with Crippen molar-refractivity contribution in [2.24, 2.45) is 11.8 Å². The van der Waals surface area contributed by atoms with E-state index >= 15 is 0 Å². The SMILES string of the molecule is CC(CC(=O)NCCNC(=O)c1ccc(Br)cc1)C1CCCNC1.Cl. The zero-order chi connectivity index (χ0) is 17.4. The third-order valence-corrected chi connectivity index (χ3v) is 5.01. The zero-order valence-electron chi connectivity index (χ0n) is 14.5. The quantitative estimate of drug-likeness (QED) is 0.580. The normalized spacial score (nSPS) is 17.9. The van der Waals surface area contributed by atoms with Crippen LogP contribution >= 0.6 is 28.3 Å². The lowest BCUT2D eigenvalue weighted by atomic mass is 9.85. The average molecular weight is 433 g/mol. The smallest absolute Gasteiger partial charge is 0.251 e. The Morgan fingerprint density at radius 3 is 2.56 bits per heavy atom. The Hall–Kier alpha value is -1.11. The molecule has 0 spiro atoms. The number of hydrogen-bond donors (Lipinski definition) is 3. The van der Waals surface area contributed by atoms with Crippen LogP contribution in [0.15, 0.2) is 28.7 Å². The topological polar surface area (TPSA) is 70.2 Å². The molecule has 1 saturated heterocycles. The lowest BCUT2D eigenvalue weighted by Gasteiger charge is -2.28. The fourth-order valence-corrected chi connectivity index (χ4v) is 3.24. The van der Waals surface area contributed by atoms with Gasteiger partial charge >= 0.3 is 0 Å². The molecule has 7 heteroatoms. The van der Waals surface area contributed by atoms with Crippen molar-refractivity contribution in [3.63, 3.8) is 0 Å². The van der Waals surface area contributed by atoms with Crippen molar-refractivity contribution in [3.05, 3.63) is 34.3 Å². The second-order valence-corrected chi connectivity index (χ2v) is 7.32. The van der Waals surface area contributed by atoms with E-state index in [0.717, 1.165) is 17.6 Å². The highest BCUT2D eigenvalue weighted by Crippen LogP contribution is 2.22. The summed E-state index contributed by atoms with van der Waals surface area (Å²) in [5.41, 5.74) is 0.614. The summed E-state index contributed by atoms with van der Waals surface area (Å²) in [5, 5.41) is 9.09. The van der Waals surface area contributed by atoms with Crippen LogP contribution in [0, 0.1) is 11.8 Å². The van der Waals surface area contributed by atoms with Gasteiger partial charge in [-0.1, -0.05) is 22.9 Å². The molecule has 1 aliphatic heterocycles. The van der Waals surface area contributed by atoms with Crippen molar-refractivity contribution >= 4 is 40.2 Å². The van der Waals surface area contributed by atoms with E-state index in [1.54, 1.807) is 12.1 Å². The molecule has 0 aliphatic carbocycles. The first-order valence-corrected chi connectivity index (χ1v) is 9.36. The fraction of sp³-hybridized carbons (Fsp3) is 0.556. The standard InChI is InChI=1S/C18H26BrN3O2.ClH/c1-13(15-3-2-8-20-12-15)11-17(23)21-9-10-22-18(24)14-4-6-16(19)7-5-14;/h4-7,13,15,20H,2-3,8-12H2,1H3,(H,21,23)(H,22,24);1H. The van der Waals surface area contributed by atoms with Gasteiger partial charge in [0.05, 0.1) is 0 Å². The summed E-state index contributed by atoms with van der Waals surface area (Å²) in [6.45, 7) is 5.13. The number of rotatable bonds is 7. The monoisotopic (exact) mass is 431 g/mol. The maximum atomic E-state index is 12.0. The molecule has 0 aromatic heterocycles. The van der Waals surface area contributed by atoms with Gasteiger partial charge in [0.1, 0.15) is 0 Å². The van der Waals surface area contributed by atoms with Gasteiger partial charge < -0.3 is 16.0 Å². The molecule has 2 amide bonds. The van der Waals surface area contributed by atoms with Crippen molar-refractivity contribution < 1.29 is 9.59 Å². The average Bonchev–Trinajstić information content (AvgIpc) is 2.60. The van der Waals surface area contributed by atoms with Gasteiger partial charge in [-0.15, -0.1) is 12.4 Å². The lowest BCUT2D eigenvalue weighted by Crippen LogP contribution is -2.37. The number of carbonyl (C=O) groups is 2. The summed E-state index contributed by atoms with van der Waals surface area (Å²) >= 11 is 3.34. The van der Waals surface area contributed by atoms with Crippen LogP contribution < -0.4 is 16.0 Å². The summed E-state index contributed by atoms with van der Waals surface area (Å²) < 4.78 is 0.939. The van der Waals surface area contributed by atoms with Crippen LogP contribution in [0.5, 0.6) is 0 Å². The molecule has 1 aliphatic rings. The molecule has 1 heterocycles. The van der Waals surface area contributed by atoms with Gasteiger partial charge in [-0.2, -0.15) is 0 Å². The van der Waals surface area contributed by atoms with Gasteiger partial charge in [0, 0.05) is 29.5 Å². The Morgan fingerprint density at radius 1 is 1.24 bits per heavy atom. The molecule has 2 unspecified atom stereocenters. The maximum absolute atomic E-state index is 12.0. The fourth-order valence-electron chi connectivity index (χ4n) is 2.98. The minimum Gasteiger partial charge on any atom is -0.354 e.